The van der Waals surface area contributed by atoms with Gasteiger partial charge < -0.3 is 9.30 Å². The number of hydrogen-bond acceptors (Lipinski definition) is 5. The van der Waals surface area contributed by atoms with Crippen molar-refractivity contribution in [1.82, 2.24) is 14.5 Å². The molecule has 0 radical (unpaired) electrons. The van der Waals surface area contributed by atoms with E-state index in [4.69, 9.17) is 4.74 Å². The van der Waals surface area contributed by atoms with Gasteiger partial charge in [0.15, 0.2) is 9.84 Å². The van der Waals surface area contributed by atoms with Gasteiger partial charge in [0, 0.05) is 50.0 Å². The second-order valence-electron chi connectivity index (χ2n) is 6.38. The molecule has 0 saturated carbocycles. The van der Waals surface area contributed by atoms with Crippen molar-refractivity contribution in [2.45, 2.75) is 32.7 Å². The standard InChI is InChI=1S/C18H25N3O3S/c1-2-25(22,23)11-10-20-12-17-7-5-9-21(17)14-18(13-20)24-15-16-6-3-4-8-19-16/h3-9,18H,2,10-15H2,1H3/t18-/m0/s1. The molecule has 0 N–H and O–H groups in total. The van der Waals surface area contributed by atoms with Gasteiger partial charge in [-0.05, 0) is 24.3 Å². The maximum Gasteiger partial charge on any atom is 0.151 e. The van der Waals surface area contributed by atoms with Gasteiger partial charge in [0.05, 0.1) is 24.2 Å². The molecule has 0 unspecified atom stereocenters. The van der Waals surface area contributed by atoms with Crippen molar-refractivity contribution in [3.63, 3.8) is 0 Å². The molecule has 25 heavy (non-hydrogen) atoms. The van der Waals surface area contributed by atoms with Crippen LogP contribution in [0.2, 0.25) is 0 Å². The minimum absolute atomic E-state index is 0.0000123. The Morgan fingerprint density at radius 2 is 2.12 bits per heavy atom. The Balaban J connectivity index is 1.66. The lowest BCUT2D eigenvalue weighted by atomic mass is 10.3. The topological polar surface area (TPSA) is 64.4 Å². The minimum atomic E-state index is -2.97. The number of rotatable bonds is 7. The van der Waals surface area contributed by atoms with Crippen LogP contribution >= 0.6 is 0 Å². The van der Waals surface area contributed by atoms with E-state index in [1.807, 2.05) is 24.3 Å². The summed E-state index contributed by atoms with van der Waals surface area (Å²) in [6, 6.07) is 9.89. The lowest BCUT2D eigenvalue weighted by molar-refractivity contribution is 0.00978. The van der Waals surface area contributed by atoms with Crippen LogP contribution in [0.15, 0.2) is 42.7 Å². The van der Waals surface area contributed by atoms with E-state index in [-0.39, 0.29) is 17.6 Å². The van der Waals surface area contributed by atoms with Crippen LogP contribution in [0.5, 0.6) is 0 Å². The molecule has 2 aromatic heterocycles. The van der Waals surface area contributed by atoms with Gasteiger partial charge in [0.1, 0.15) is 0 Å². The number of aromatic nitrogens is 2. The predicted molar refractivity (Wildman–Crippen MR) is 96.9 cm³/mol. The number of nitrogens with zero attached hydrogens (tertiary/aromatic N) is 3. The molecule has 2 aromatic rings. The fourth-order valence-corrected chi connectivity index (χ4v) is 3.83. The first-order valence-corrected chi connectivity index (χ1v) is 10.5. The summed E-state index contributed by atoms with van der Waals surface area (Å²) in [6.07, 6.45) is 3.82. The summed E-state index contributed by atoms with van der Waals surface area (Å²) in [5.74, 6) is 0.383. The molecule has 0 aliphatic carbocycles. The monoisotopic (exact) mass is 363 g/mol. The first-order chi connectivity index (χ1) is 12.1. The molecule has 6 nitrogen and oxygen atoms in total. The van der Waals surface area contributed by atoms with Gasteiger partial charge >= 0.3 is 0 Å². The zero-order valence-corrected chi connectivity index (χ0v) is 15.4. The Morgan fingerprint density at radius 3 is 2.88 bits per heavy atom. The molecule has 0 aromatic carbocycles. The van der Waals surface area contributed by atoms with Crippen molar-refractivity contribution >= 4 is 9.84 Å². The summed E-state index contributed by atoms with van der Waals surface area (Å²) in [7, 11) is -2.97. The molecule has 1 atom stereocenters. The summed E-state index contributed by atoms with van der Waals surface area (Å²) in [4.78, 5) is 6.47. The molecule has 0 amide bonds. The number of ether oxygens (including phenoxy) is 1. The highest BCUT2D eigenvalue weighted by Crippen LogP contribution is 2.16. The zero-order valence-electron chi connectivity index (χ0n) is 14.5. The van der Waals surface area contributed by atoms with Crippen molar-refractivity contribution in [2.24, 2.45) is 0 Å². The van der Waals surface area contributed by atoms with E-state index in [0.29, 0.717) is 19.7 Å². The Labute approximate surface area is 149 Å². The van der Waals surface area contributed by atoms with Crippen LogP contribution in [0, 0.1) is 0 Å². The summed E-state index contributed by atoms with van der Waals surface area (Å²) < 4.78 is 32.0. The molecule has 3 rings (SSSR count). The fourth-order valence-electron chi connectivity index (χ4n) is 3.00. The van der Waals surface area contributed by atoms with Crippen LogP contribution in [0.1, 0.15) is 18.3 Å². The molecule has 7 heteroatoms. The number of pyridine rings is 1. The van der Waals surface area contributed by atoms with E-state index < -0.39 is 9.84 Å². The van der Waals surface area contributed by atoms with E-state index in [9.17, 15) is 8.42 Å². The average Bonchev–Trinajstić information content (AvgIpc) is 2.98. The zero-order chi connectivity index (χ0) is 17.7. The third-order valence-corrected chi connectivity index (χ3v) is 6.21. The molecule has 0 fully saturated rings. The van der Waals surface area contributed by atoms with Gasteiger partial charge in [-0.1, -0.05) is 13.0 Å². The van der Waals surface area contributed by atoms with Gasteiger partial charge in [-0.3, -0.25) is 9.88 Å². The highest BCUT2D eigenvalue weighted by atomic mass is 32.2. The van der Waals surface area contributed by atoms with Crippen LogP contribution in [0.4, 0.5) is 0 Å². The van der Waals surface area contributed by atoms with E-state index in [0.717, 1.165) is 18.8 Å². The molecule has 136 valence electrons. The SMILES string of the molecule is CCS(=O)(=O)CCN1Cc2cccn2C[C@@H](OCc2ccccn2)C1. The maximum atomic E-state index is 11.8. The van der Waals surface area contributed by atoms with Crippen molar-refractivity contribution in [1.29, 1.82) is 0 Å². The highest BCUT2D eigenvalue weighted by molar-refractivity contribution is 7.91. The second kappa shape index (κ2) is 8.12. The fraction of sp³-hybridized carbons (Fsp3) is 0.500. The quantitative estimate of drug-likeness (QED) is 0.749. The summed E-state index contributed by atoms with van der Waals surface area (Å²) in [5.41, 5.74) is 2.09. The number of sulfone groups is 1. The lowest BCUT2D eigenvalue weighted by Gasteiger charge is -2.24. The van der Waals surface area contributed by atoms with Crippen LogP contribution < -0.4 is 0 Å². The molecule has 0 spiro atoms. The van der Waals surface area contributed by atoms with Crippen molar-refractivity contribution < 1.29 is 13.2 Å². The first kappa shape index (κ1) is 18.1. The molecule has 0 saturated heterocycles. The lowest BCUT2D eigenvalue weighted by Crippen LogP contribution is -2.36. The summed E-state index contributed by atoms with van der Waals surface area (Å²) >= 11 is 0. The van der Waals surface area contributed by atoms with Crippen LogP contribution in [0.3, 0.4) is 0 Å². The molecule has 0 bridgehead atoms. The third kappa shape index (κ3) is 5.14. The Kier molecular flexibility index (Phi) is 5.88. The van der Waals surface area contributed by atoms with Crippen molar-refractivity contribution in [3.8, 4) is 0 Å². The molecule has 3 heterocycles. The second-order valence-corrected chi connectivity index (χ2v) is 8.85. The summed E-state index contributed by atoms with van der Waals surface area (Å²) in [6.45, 7) is 4.92. The average molecular weight is 363 g/mol. The van der Waals surface area contributed by atoms with E-state index in [2.05, 4.69) is 26.7 Å². The molecule has 1 aliphatic heterocycles. The first-order valence-electron chi connectivity index (χ1n) is 8.64. The van der Waals surface area contributed by atoms with Crippen LogP contribution in [0.25, 0.3) is 0 Å². The number of hydrogen-bond donors (Lipinski definition) is 0. The Morgan fingerprint density at radius 1 is 1.24 bits per heavy atom. The molecular formula is C18H25N3O3S. The molecular weight excluding hydrogens is 338 g/mol. The largest absolute Gasteiger partial charge is 0.369 e. The normalized spacial score (nSPS) is 18.7. The van der Waals surface area contributed by atoms with Gasteiger partial charge in [-0.2, -0.15) is 0 Å². The van der Waals surface area contributed by atoms with Gasteiger partial charge in [-0.15, -0.1) is 0 Å². The van der Waals surface area contributed by atoms with Crippen LogP contribution in [-0.2, 0) is 34.3 Å². The smallest absolute Gasteiger partial charge is 0.151 e. The minimum Gasteiger partial charge on any atom is -0.369 e. The van der Waals surface area contributed by atoms with E-state index in [1.54, 1.807) is 13.1 Å². The van der Waals surface area contributed by atoms with Gasteiger partial charge in [-0.25, -0.2) is 8.42 Å². The number of fused-ring (bicyclic) bond motifs is 1. The predicted octanol–water partition coefficient (Wildman–Crippen LogP) is 1.72. The highest BCUT2D eigenvalue weighted by Gasteiger charge is 2.23. The molecule has 1 aliphatic rings. The third-order valence-electron chi connectivity index (χ3n) is 4.52. The summed E-state index contributed by atoms with van der Waals surface area (Å²) in [5, 5.41) is 0. The van der Waals surface area contributed by atoms with Crippen molar-refractivity contribution in [2.75, 3.05) is 24.6 Å². The Hall–Kier alpha value is -1.70. The van der Waals surface area contributed by atoms with Crippen molar-refractivity contribution in [3.05, 3.63) is 54.1 Å². The maximum absolute atomic E-state index is 11.8. The van der Waals surface area contributed by atoms with Gasteiger partial charge in [0.25, 0.3) is 0 Å². The van der Waals surface area contributed by atoms with Crippen LogP contribution in [-0.4, -0.2) is 53.6 Å². The van der Waals surface area contributed by atoms with Gasteiger partial charge in [0.2, 0.25) is 0 Å². The van der Waals surface area contributed by atoms with E-state index in [1.165, 1.54) is 5.69 Å². The van der Waals surface area contributed by atoms with E-state index >= 15 is 0 Å². The Bertz CT molecular complexity index is 774.